The van der Waals surface area contributed by atoms with Gasteiger partial charge in [0.2, 0.25) is 0 Å². The lowest BCUT2D eigenvalue weighted by Crippen LogP contribution is -2.23. The summed E-state index contributed by atoms with van der Waals surface area (Å²) in [4.78, 5) is 4.10. The maximum atomic E-state index is 13.9. The molecule has 20 heavy (non-hydrogen) atoms. The molecule has 0 aliphatic heterocycles. The van der Waals surface area contributed by atoms with Crippen molar-refractivity contribution in [2.24, 2.45) is 0 Å². The van der Waals surface area contributed by atoms with Crippen molar-refractivity contribution in [2.45, 2.75) is 19.9 Å². The SMILES string of the molecule is CCNC(c1ccc(OC)c(F)c1)c1ccncc1C. The number of aryl methyl sites for hydroxylation is 1. The summed E-state index contributed by atoms with van der Waals surface area (Å²) in [5, 5.41) is 3.39. The fourth-order valence-corrected chi connectivity index (χ4v) is 2.28. The molecule has 0 fully saturated rings. The summed E-state index contributed by atoms with van der Waals surface area (Å²) in [5.74, 6) is -0.0879. The number of rotatable bonds is 5. The Morgan fingerprint density at radius 2 is 2.15 bits per heavy atom. The number of hydrogen-bond donors (Lipinski definition) is 1. The molecule has 1 aromatic heterocycles. The summed E-state index contributed by atoms with van der Waals surface area (Å²) < 4.78 is 18.9. The third-order valence-electron chi connectivity index (χ3n) is 3.29. The lowest BCUT2D eigenvalue weighted by molar-refractivity contribution is 0.385. The molecule has 0 radical (unpaired) electrons. The molecule has 2 rings (SSSR count). The molecule has 2 aromatic rings. The van der Waals surface area contributed by atoms with Crippen molar-refractivity contribution in [3.05, 3.63) is 59.2 Å². The van der Waals surface area contributed by atoms with E-state index in [4.69, 9.17) is 4.74 Å². The fraction of sp³-hybridized carbons (Fsp3) is 0.312. The highest BCUT2D eigenvalue weighted by Crippen LogP contribution is 2.27. The van der Waals surface area contributed by atoms with Crippen LogP contribution in [0.1, 0.15) is 29.7 Å². The van der Waals surface area contributed by atoms with Crippen LogP contribution in [-0.4, -0.2) is 18.6 Å². The first-order valence-corrected chi connectivity index (χ1v) is 6.64. The Kier molecular flexibility index (Phi) is 4.69. The van der Waals surface area contributed by atoms with Crippen LogP contribution in [0.15, 0.2) is 36.7 Å². The van der Waals surface area contributed by atoms with Crippen LogP contribution in [0.4, 0.5) is 4.39 Å². The van der Waals surface area contributed by atoms with Crippen LogP contribution in [0.3, 0.4) is 0 Å². The number of halogens is 1. The van der Waals surface area contributed by atoms with E-state index in [0.717, 1.165) is 23.2 Å². The average Bonchev–Trinajstić information content (AvgIpc) is 2.46. The number of methoxy groups -OCH3 is 1. The molecule has 1 atom stereocenters. The first-order chi connectivity index (χ1) is 9.67. The summed E-state index contributed by atoms with van der Waals surface area (Å²) >= 11 is 0. The van der Waals surface area contributed by atoms with E-state index in [-0.39, 0.29) is 17.6 Å². The largest absolute Gasteiger partial charge is 0.494 e. The number of nitrogens with one attached hydrogen (secondary N) is 1. The third-order valence-corrected chi connectivity index (χ3v) is 3.29. The zero-order chi connectivity index (χ0) is 14.5. The monoisotopic (exact) mass is 274 g/mol. The zero-order valence-corrected chi connectivity index (χ0v) is 12.0. The van der Waals surface area contributed by atoms with Gasteiger partial charge in [-0.1, -0.05) is 13.0 Å². The van der Waals surface area contributed by atoms with Crippen LogP contribution >= 0.6 is 0 Å². The van der Waals surface area contributed by atoms with Gasteiger partial charge in [0.15, 0.2) is 11.6 Å². The quantitative estimate of drug-likeness (QED) is 0.909. The number of pyridine rings is 1. The Bertz CT molecular complexity index is 586. The standard InChI is InChI=1S/C16H19FN2O/c1-4-19-16(13-7-8-18-10-11(13)2)12-5-6-15(20-3)14(17)9-12/h5-10,16,19H,4H2,1-3H3. The molecule has 106 valence electrons. The van der Waals surface area contributed by atoms with Crippen molar-refractivity contribution in [1.29, 1.82) is 0 Å². The predicted molar refractivity (Wildman–Crippen MR) is 77.4 cm³/mol. The topological polar surface area (TPSA) is 34.1 Å². The Balaban J connectivity index is 2.43. The number of hydrogen-bond acceptors (Lipinski definition) is 3. The Hall–Kier alpha value is -1.94. The average molecular weight is 274 g/mol. The van der Waals surface area contributed by atoms with Gasteiger partial charge in [0, 0.05) is 12.4 Å². The molecule has 4 heteroatoms. The molecule has 1 heterocycles. The van der Waals surface area contributed by atoms with E-state index in [0.29, 0.717) is 0 Å². The van der Waals surface area contributed by atoms with Gasteiger partial charge in [-0.25, -0.2) is 4.39 Å². The molecular weight excluding hydrogens is 255 g/mol. The molecule has 0 spiro atoms. The number of nitrogens with zero attached hydrogens (tertiary/aromatic N) is 1. The Morgan fingerprint density at radius 1 is 1.35 bits per heavy atom. The van der Waals surface area contributed by atoms with E-state index in [1.54, 1.807) is 12.3 Å². The van der Waals surface area contributed by atoms with Crippen molar-refractivity contribution in [1.82, 2.24) is 10.3 Å². The van der Waals surface area contributed by atoms with Crippen molar-refractivity contribution in [3.63, 3.8) is 0 Å². The van der Waals surface area contributed by atoms with Gasteiger partial charge in [-0.2, -0.15) is 0 Å². The van der Waals surface area contributed by atoms with Crippen LogP contribution in [-0.2, 0) is 0 Å². The molecule has 1 N–H and O–H groups in total. The number of aromatic nitrogens is 1. The predicted octanol–water partition coefficient (Wildman–Crippen LogP) is 3.24. The van der Waals surface area contributed by atoms with Crippen LogP contribution in [0.5, 0.6) is 5.75 Å². The maximum absolute atomic E-state index is 13.9. The first kappa shape index (κ1) is 14.5. The van der Waals surface area contributed by atoms with Gasteiger partial charge >= 0.3 is 0 Å². The van der Waals surface area contributed by atoms with Crippen molar-refractivity contribution in [3.8, 4) is 5.75 Å². The van der Waals surface area contributed by atoms with Gasteiger partial charge in [-0.15, -0.1) is 0 Å². The molecule has 0 aliphatic carbocycles. The molecule has 3 nitrogen and oxygen atoms in total. The lowest BCUT2D eigenvalue weighted by Gasteiger charge is -2.21. The van der Waals surface area contributed by atoms with Crippen LogP contribution in [0.25, 0.3) is 0 Å². The van der Waals surface area contributed by atoms with Gasteiger partial charge < -0.3 is 10.1 Å². The number of ether oxygens (including phenoxy) is 1. The highest BCUT2D eigenvalue weighted by Gasteiger charge is 2.16. The fourth-order valence-electron chi connectivity index (χ4n) is 2.28. The summed E-state index contributed by atoms with van der Waals surface area (Å²) in [5.41, 5.74) is 3.06. The minimum atomic E-state index is -0.348. The second-order valence-corrected chi connectivity index (χ2v) is 4.62. The summed E-state index contributed by atoms with van der Waals surface area (Å²) in [6.07, 6.45) is 3.58. The van der Waals surface area contributed by atoms with Crippen molar-refractivity contribution < 1.29 is 9.13 Å². The molecule has 1 unspecified atom stereocenters. The van der Waals surface area contributed by atoms with Crippen molar-refractivity contribution >= 4 is 0 Å². The molecule has 1 aromatic carbocycles. The zero-order valence-electron chi connectivity index (χ0n) is 12.0. The molecule has 0 saturated carbocycles. The highest BCUT2D eigenvalue weighted by molar-refractivity contribution is 5.38. The van der Waals surface area contributed by atoms with E-state index >= 15 is 0 Å². The lowest BCUT2D eigenvalue weighted by atomic mass is 9.96. The third kappa shape index (κ3) is 2.96. The van der Waals surface area contributed by atoms with Gasteiger partial charge in [-0.3, -0.25) is 4.98 Å². The van der Waals surface area contributed by atoms with Crippen molar-refractivity contribution in [2.75, 3.05) is 13.7 Å². The summed E-state index contributed by atoms with van der Waals surface area (Å²) in [6.45, 7) is 4.83. The second kappa shape index (κ2) is 6.48. The maximum Gasteiger partial charge on any atom is 0.165 e. The molecule has 0 saturated heterocycles. The highest BCUT2D eigenvalue weighted by atomic mass is 19.1. The summed E-state index contributed by atoms with van der Waals surface area (Å²) in [7, 11) is 1.47. The smallest absolute Gasteiger partial charge is 0.165 e. The molecule has 0 aliphatic rings. The summed E-state index contributed by atoms with van der Waals surface area (Å²) in [6, 6.07) is 6.97. The van der Waals surface area contributed by atoms with E-state index < -0.39 is 0 Å². The van der Waals surface area contributed by atoms with Gasteiger partial charge in [-0.05, 0) is 48.4 Å². The second-order valence-electron chi connectivity index (χ2n) is 4.62. The van der Waals surface area contributed by atoms with Crippen LogP contribution in [0.2, 0.25) is 0 Å². The van der Waals surface area contributed by atoms with E-state index in [1.807, 2.05) is 32.2 Å². The van der Waals surface area contributed by atoms with E-state index in [9.17, 15) is 4.39 Å². The minimum absolute atomic E-state index is 0.0524. The minimum Gasteiger partial charge on any atom is -0.494 e. The molecular formula is C16H19FN2O. The molecule has 0 bridgehead atoms. The number of benzene rings is 1. The Morgan fingerprint density at radius 3 is 2.75 bits per heavy atom. The first-order valence-electron chi connectivity index (χ1n) is 6.64. The van der Waals surface area contributed by atoms with Crippen LogP contribution < -0.4 is 10.1 Å². The van der Waals surface area contributed by atoms with E-state index in [1.165, 1.54) is 13.2 Å². The van der Waals surface area contributed by atoms with Gasteiger partial charge in [0.1, 0.15) is 0 Å². The van der Waals surface area contributed by atoms with Gasteiger partial charge in [0.25, 0.3) is 0 Å². The molecule has 0 amide bonds. The normalized spacial score (nSPS) is 12.2. The Labute approximate surface area is 118 Å². The van der Waals surface area contributed by atoms with Gasteiger partial charge in [0.05, 0.1) is 13.2 Å². The van der Waals surface area contributed by atoms with Crippen LogP contribution in [0, 0.1) is 12.7 Å². The van der Waals surface area contributed by atoms with E-state index in [2.05, 4.69) is 10.3 Å².